The fourth-order valence-corrected chi connectivity index (χ4v) is 3.19. The Morgan fingerprint density at radius 3 is 2.59 bits per heavy atom. The largest absolute Gasteiger partial charge is 0.465 e. The van der Waals surface area contributed by atoms with E-state index in [9.17, 15) is 19.2 Å². The van der Waals surface area contributed by atoms with Gasteiger partial charge in [-0.1, -0.05) is 27.2 Å². The number of ether oxygens (including phenoxy) is 1. The van der Waals surface area contributed by atoms with Crippen molar-refractivity contribution in [1.82, 2.24) is 15.5 Å². The average Bonchev–Trinajstić information content (AvgIpc) is 2.77. The van der Waals surface area contributed by atoms with E-state index in [4.69, 9.17) is 4.74 Å². The van der Waals surface area contributed by atoms with Crippen molar-refractivity contribution in [2.45, 2.75) is 46.1 Å². The van der Waals surface area contributed by atoms with Crippen molar-refractivity contribution in [3.05, 3.63) is 29.8 Å². The van der Waals surface area contributed by atoms with Gasteiger partial charge >= 0.3 is 5.97 Å². The summed E-state index contributed by atoms with van der Waals surface area (Å²) in [6.45, 7) is 7.45. The smallest absolute Gasteiger partial charge is 0.308 e. The zero-order chi connectivity index (χ0) is 23.5. The molecule has 32 heavy (non-hydrogen) atoms. The highest BCUT2D eigenvalue weighted by Crippen LogP contribution is 2.13. The van der Waals surface area contributed by atoms with Crippen LogP contribution >= 0.6 is 0 Å². The highest BCUT2D eigenvalue weighted by Gasteiger charge is 2.35. The topological polar surface area (TPSA) is 117 Å². The number of amides is 3. The molecule has 0 spiro atoms. The van der Waals surface area contributed by atoms with Gasteiger partial charge in [0.05, 0.1) is 19.6 Å². The molecular weight excluding hydrogens is 412 g/mol. The minimum absolute atomic E-state index is 0.0349. The molecule has 1 aromatic rings. The maximum atomic E-state index is 12.8. The number of carbonyl (C=O) groups excluding carboxylic acids is 4. The van der Waals surface area contributed by atoms with Gasteiger partial charge in [0.25, 0.3) is 5.91 Å². The summed E-state index contributed by atoms with van der Waals surface area (Å²) in [4.78, 5) is 50.6. The Hall–Kier alpha value is -3.10. The van der Waals surface area contributed by atoms with Crippen molar-refractivity contribution >= 4 is 29.4 Å². The van der Waals surface area contributed by atoms with Gasteiger partial charge in [-0.25, -0.2) is 0 Å². The lowest BCUT2D eigenvalue weighted by Gasteiger charge is -2.34. The molecule has 3 N–H and O–H groups in total. The summed E-state index contributed by atoms with van der Waals surface area (Å²) in [7, 11) is 0. The summed E-state index contributed by atoms with van der Waals surface area (Å²) in [6.07, 6.45) is 1.76. The van der Waals surface area contributed by atoms with Gasteiger partial charge in [-0.3, -0.25) is 19.2 Å². The zero-order valence-electron chi connectivity index (χ0n) is 19.1. The van der Waals surface area contributed by atoms with Crippen LogP contribution in [-0.4, -0.2) is 67.4 Å². The maximum absolute atomic E-state index is 12.8. The van der Waals surface area contributed by atoms with Gasteiger partial charge in [0, 0.05) is 30.9 Å². The minimum Gasteiger partial charge on any atom is -0.465 e. The number of anilines is 1. The van der Waals surface area contributed by atoms with Crippen LogP contribution in [0.3, 0.4) is 0 Å². The first-order chi connectivity index (χ1) is 15.3. The number of carbonyl (C=O) groups is 4. The number of esters is 1. The van der Waals surface area contributed by atoms with Crippen LogP contribution in [0.25, 0.3) is 0 Å². The third-order valence-corrected chi connectivity index (χ3v) is 5.00. The number of hydrogen-bond acceptors (Lipinski definition) is 6. The molecular formula is C23H34N4O5. The highest BCUT2D eigenvalue weighted by molar-refractivity contribution is 5.95. The number of nitrogens with one attached hydrogen (secondary N) is 3. The maximum Gasteiger partial charge on any atom is 0.308 e. The van der Waals surface area contributed by atoms with Crippen molar-refractivity contribution in [2.75, 3.05) is 38.1 Å². The second-order valence-electron chi connectivity index (χ2n) is 8.22. The first-order valence-corrected chi connectivity index (χ1v) is 11.2. The number of rotatable bonds is 11. The Balaban J connectivity index is 1.90. The van der Waals surface area contributed by atoms with E-state index in [0.29, 0.717) is 30.9 Å². The van der Waals surface area contributed by atoms with E-state index in [1.807, 2.05) is 13.8 Å². The summed E-state index contributed by atoms with van der Waals surface area (Å²) < 4.78 is 5.17. The van der Waals surface area contributed by atoms with E-state index in [-0.39, 0.29) is 43.2 Å². The molecule has 1 aliphatic rings. The number of piperazine rings is 1. The standard InChI is InChI=1S/C23H34N4O5/c1-4-5-10-24-22(30)17-6-8-18(9-7-17)26-14-20(28)27-12-11-25-23(31)19(27)13-21(29)32-15-16(2)3/h6-9,16,19,26H,4-5,10-15H2,1-3H3,(H,24,30)(H,25,31). The van der Waals surface area contributed by atoms with E-state index >= 15 is 0 Å². The lowest BCUT2D eigenvalue weighted by atomic mass is 10.1. The van der Waals surface area contributed by atoms with Crippen LogP contribution in [0.4, 0.5) is 5.69 Å². The van der Waals surface area contributed by atoms with Crippen LogP contribution in [0.2, 0.25) is 0 Å². The normalized spacial score (nSPS) is 15.8. The SMILES string of the molecule is CCCCNC(=O)c1ccc(NCC(=O)N2CCNC(=O)C2CC(=O)OCC(C)C)cc1. The van der Waals surface area contributed by atoms with Crippen LogP contribution in [-0.2, 0) is 19.1 Å². The molecule has 0 aliphatic carbocycles. The third kappa shape index (κ3) is 7.86. The van der Waals surface area contributed by atoms with Crippen LogP contribution in [0, 0.1) is 5.92 Å². The molecule has 0 radical (unpaired) electrons. The number of hydrogen-bond donors (Lipinski definition) is 3. The van der Waals surface area contributed by atoms with Crippen LogP contribution in [0.5, 0.6) is 0 Å². The van der Waals surface area contributed by atoms with Crippen LogP contribution < -0.4 is 16.0 Å². The average molecular weight is 447 g/mol. The van der Waals surface area contributed by atoms with Crippen molar-refractivity contribution in [1.29, 1.82) is 0 Å². The number of unbranched alkanes of at least 4 members (excludes halogenated alkanes) is 1. The van der Waals surface area contributed by atoms with Gasteiger partial charge < -0.3 is 25.6 Å². The number of nitrogens with zero attached hydrogens (tertiary/aromatic N) is 1. The van der Waals surface area contributed by atoms with Gasteiger partial charge in [-0.15, -0.1) is 0 Å². The summed E-state index contributed by atoms with van der Waals surface area (Å²) in [5, 5.41) is 8.57. The molecule has 0 bridgehead atoms. The van der Waals surface area contributed by atoms with Gasteiger partial charge in [0.2, 0.25) is 11.8 Å². The quantitative estimate of drug-likeness (QED) is 0.351. The van der Waals surface area contributed by atoms with Gasteiger partial charge in [-0.05, 0) is 36.6 Å². The Morgan fingerprint density at radius 2 is 1.94 bits per heavy atom. The van der Waals surface area contributed by atoms with Crippen LogP contribution in [0.1, 0.15) is 50.4 Å². The molecule has 3 amide bonds. The summed E-state index contributed by atoms with van der Waals surface area (Å²) in [5.74, 6) is -1.09. The molecule has 1 saturated heterocycles. The molecule has 1 unspecified atom stereocenters. The Kier molecular flexibility index (Phi) is 9.97. The Labute approximate surface area is 189 Å². The predicted octanol–water partition coefficient (Wildman–Crippen LogP) is 1.54. The molecule has 0 aromatic heterocycles. The highest BCUT2D eigenvalue weighted by atomic mass is 16.5. The second kappa shape index (κ2) is 12.7. The molecule has 1 aromatic carbocycles. The minimum atomic E-state index is -0.882. The molecule has 9 nitrogen and oxygen atoms in total. The van der Waals surface area contributed by atoms with Crippen LogP contribution in [0.15, 0.2) is 24.3 Å². The summed E-state index contributed by atoms with van der Waals surface area (Å²) in [6, 6.07) is 5.95. The fourth-order valence-electron chi connectivity index (χ4n) is 3.19. The van der Waals surface area contributed by atoms with Gasteiger partial charge in [0.1, 0.15) is 6.04 Å². The fraction of sp³-hybridized carbons (Fsp3) is 0.565. The Bertz CT molecular complexity index is 794. The van der Waals surface area contributed by atoms with Gasteiger partial charge in [0.15, 0.2) is 0 Å². The summed E-state index contributed by atoms with van der Waals surface area (Å²) in [5.41, 5.74) is 1.23. The van der Waals surface area contributed by atoms with E-state index in [1.54, 1.807) is 24.3 Å². The summed E-state index contributed by atoms with van der Waals surface area (Å²) >= 11 is 0. The lowest BCUT2D eigenvalue weighted by Crippen LogP contribution is -2.58. The molecule has 2 rings (SSSR count). The van der Waals surface area contributed by atoms with E-state index < -0.39 is 12.0 Å². The molecule has 1 atom stereocenters. The first-order valence-electron chi connectivity index (χ1n) is 11.2. The van der Waals surface area contributed by atoms with Crippen molar-refractivity contribution in [3.8, 4) is 0 Å². The molecule has 1 aliphatic heterocycles. The first kappa shape index (κ1) is 25.2. The van der Waals surface area contributed by atoms with Crippen molar-refractivity contribution in [2.24, 2.45) is 5.92 Å². The van der Waals surface area contributed by atoms with E-state index in [0.717, 1.165) is 12.8 Å². The van der Waals surface area contributed by atoms with Gasteiger partial charge in [-0.2, -0.15) is 0 Å². The monoisotopic (exact) mass is 446 g/mol. The number of benzene rings is 1. The van der Waals surface area contributed by atoms with E-state index in [2.05, 4.69) is 22.9 Å². The lowest BCUT2D eigenvalue weighted by molar-refractivity contribution is -0.152. The third-order valence-electron chi connectivity index (χ3n) is 5.00. The molecule has 176 valence electrons. The van der Waals surface area contributed by atoms with Crippen molar-refractivity contribution in [3.63, 3.8) is 0 Å². The molecule has 1 fully saturated rings. The predicted molar refractivity (Wildman–Crippen MR) is 121 cm³/mol. The molecule has 9 heteroatoms. The molecule has 1 heterocycles. The second-order valence-corrected chi connectivity index (χ2v) is 8.22. The molecule has 0 saturated carbocycles. The zero-order valence-corrected chi connectivity index (χ0v) is 19.1. The van der Waals surface area contributed by atoms with Crippen molar-refractivity contribution < 1.29 is 23.9 Å². The van der Waals surface area contributed by atoms with E-state index in [1.165, 1.54) is 4.90 Å². The Morgan fingerprint density at radius 1 is 1.22 bits per heavy atom.